The van der Waals surface area contributed by atoms with Crippen molar-refractivity contribution in [1.29, 1.82) is 0 Å². The number of alkyl halides is 3. The monoisotopic (exact) mass is 422 g/mol. The molecule has 2 fully saturated rings. The average Bonchev–Trinajstić information content (AvgIpc) is 3.37. The lowest BCUT2D eigenvalue weighted by atomic mass is 9.90. The van der Waals surface area contributed by atoms with E-state index in [9.17, 15) is 18.0 Å². The van der Waals surface area contributed by atoms with Crippen molar-refractivity contribution >= 4 is 11.9 Å². The number of likely N-dealkylation sites (tertiary alicyclic amines) is 1. The van der Waals surface area contributed by atoms with Crippen LogP contribution in [0, 0.1) is 11.8 Å². The number of halogens is 3. The minimum Gasteiger partial charge on any atom is -0.475 e. The minimum atomic E-state index is -5.08. The number of ether oxygens (including phenoxy) is 2. The molecule has 1 amide bonds. The van der Waals surface area contributed by atoms with Crippen molar-refractivity contribution in [1.82, 2.24) is 10.2 Å². The number of fused-ring (bicyclic) bond motifs is 1. The van der Waals surface area contributed by atoms with E-state index in [0.29, 0.717) is 31.4 Å². The van der Waals surface area contributed by atoms with Crippen molar-refractivity contribution in [2.24, 2.45) is 11.8 Å². The van der Waals surface area contributed by atoms with E-state index < -0.39 is 12.1 Å². The van der Waals surface area contributed by atoms with Gasteiger partial charge in [-0.15, -0.1) is 0 Å². The molecule has 0 radical (unpaired) electrons. The van der Waals surface area contributed by atoms with E-state index in [1.54, 1.807) is 13.4 Å². The largest absolute Gasteiger partial charge is 0.490 e. The number of nitrogens with one attached hydrogen (secondary N) is 1. The highest BCUT2D eigenvalue weighted by atomic mass is 19.4. The van der Waals surface area contributed by atoms with Crippen LogP contribution in [0.15, 0.2) is 22.8 Å². The zero-order chi connectivity index (χ0) is 21.4. The third-order valence-electron chi connectivity index (χ3n) is 4.86. The number of methoxy groups -OCH3 is 1. The van der Waals surface area contributed by atoms with Crippen LogP contribution in [0.2, 0.25) is 0 Å². The van der Waals surface area contributed by atoms with Crippen LogP contribution in [0.5, 0.6) is 0 Å². The molecule has 11 heteroatoms. The van der Waals surface area contributed by atoms with E-state index in [2.05, 4.69) is 10.2 Å². The number of hydrogen-bond donors (Lipinski definition) is 2. The van der Waals surface area contributed by atoms with Crippen LogP contribution >= 0.6 is 0 Å². The summed E-state index contributed by atoms with van der Waals surface area (Å²) in [5.41, 5.74) is 0. The summed E-state index contributed by atoms with van der Waals surface area (Å²) in [4.78, 5) is 23.4. The van der Waals surface area contributed by atoms with Gasteiger partial charge in [-0.3, -0.25) is 9.69 Å². The van der Waals surface area contributed by atoms with Gasteiger partial charge in [-0.1, -0.05) is 0 Å². The standard InChI is InChI=1S/C16H24N2O4.C2HF3O2/c1-20-6-4-18-9-14-12(11-22-15(14)10-18)7-16(19)17-8-13-3-2-5-21-13;3-2(4,5)1(6)7/h2-3,5,12,14-15H,4,6-11H2,1H3,(H,17,19);(H,6,7)/t12-,14+,15+;/m0./s1. The molecule has 2 saturated heterocycles. The molecule has 0 saturated carbocycles. The first-order valence-corrected chi connectivity index (χ1v) is 9.12. The highest BCUT2D eigenvalue weighted by molar-refractivity contribution is 5.76. The second kappa shape index (κ2) is 10.6. The van der Waals surface area contributed by atoms with E-state index >= 15 is 0 Å². The van der Waals surface area contributed by atoms with E-state index in [0.717, 1.165) is 32.0 Å². The Balaban J connectivity index is 0.000000370. The predicted octanol–water partition coefficient (Wildman–Crippen LogP) is 1.51. The predicted molar refractivity (Wildman–Crippen MR) is 93.9 cm³/mol. The number of nitrogens with zero attached hydrogens (tertiary/aromatic N) is 1. The van der Waals surface area contributed by atoms with Crippen LogP contribution in [0.1, 0.15) is 12.2 Å². The van der Waals surface area contributed by atoms with Crippen molar-refractivity contribution in [2.75, 3.05) is 40.0 Å². The van der Waals surface area contributed by atoms with Gasteiger partial charge in [0.05, 0.1) is 32.1 Å². The lowest BCUT2D eigenvalue weighted by Crippen LogP contribution is -2.30. The van der Waals surface area contributed by atoms with Gasteiger partial charge in [-0.2, -0.15) is 13.2 Å². The molecule has 0 aliphatic carbocycles. The summed E-state index contributed by atoms with van der Waals surface area (Å²) in [6, 6.07) is 3.68. The van der Waals surface area contributed by atoms with Gasteiger partial charge in [0, 0.05) is 39.1 Å². The van der Waals surface area contributed by atoms with Crippen LogP contribution in [0.3, 0.4) is 0 Å². The molecule has 0 spiro atoms. The van der Waals surface area contributed by atoms with Gasteiger partial charge in [0.15, 0.2) is 0 Å². The maximum absolute atomic E-state index is 12.1. The van der Waals surface area contributed by atoms with Crippen molar-refractivity contribution in [3.05, 3.63) is 24.2 Å². The molecule has 3 atom stereocenters. The van der Waals surface area contributed by atoms with Gasteiger partial charge in [0.2, 0.25) is 5.91 Å². The van der Waals surface area contributed by atoms with Crippen LogP contribution in [-0.2, 0) is 25.6 Å². The van der Waals surface area contributed by atoms with Gasteiger partial charge >= 0.3 is 12.1 Å². The number of carboxylic acids is 1. The Bertz CT molecular complexity index is 653. The first-order valence-electron chi connectivity index (χ1n) is 9.12. The molecule has 0 unspecified atom stereocenters. The lowest BCUT2D eigenvalue weighted by Gasteiger charge is -2.18. The molecule has 1 aromatic heterocycles. The van der Waals surface area contributed by atoms with Crippen LogP contribution < -0.4 is 5.32 Å². The summed E-state index contributed by atoms with van der Waals surface area (Å²) < 4.78 is 48.0. The molecule has 8 nitrogen and oxygen atoms in total. The smallest absolute Gasteiger partial charge is 0.475 e. The maximum atomic E-state index is 12.1. The summed E-state index contributed by atoms with van der Waals surface area (Å²) in [5.74, 6) is -1.13. The highest BCUT2D eigenvalue weighted by Crippen LogP contribution is 2.35. The van der Waals surface area contributed by atoms with Gasteiger partial charge in [-0.05, 0) is 18.1 Å². The van der Waals surface area contributed by atoms with Crippen molar-refractivity contribution in [3.63, 3.8) is 0 Å². The molecular formula is C18H25F3N2O6. The van der Waals surface area contributed by atoms with Gasteiger partial charge in [0.1, 0.15) is 5.76 Å². The fraction of sp³-hybridized carbons (Fsp3) is 0.667. The first kappa shape index (κ1) is 23.2. The second-order valence-corrected chi connectivity index (χ2v) is 6.91. The topological polar surface area (TPSA) is 101 Å². The molecule has 3 heterocycles. The normalized spacial score (nSPS) is 23.9. The zero-order valence-electron chi connectivity index (χ0n) is 16.0. The second-order valence-electron chi connectivity index (χ2n) is 6.91. The van der Waals surface area contributed by atoms with Gasteiger partial charge in [0.25, 0.3) is 0 Å². The molecule has 1 aromatic rings. The van der Waals surface area contributed by atoms with Crippen molar-refractivity contribution in [3.8, 4) is 0 Å². The minimum absolute atomic E-state index is 0.0704. The van der Waals surface area contributed by atoms with Crippen LogP contribution in [0.25, 0.3) is 0 Å². The van der Waals surface area contributed by atoms with Gasteiger partial charge < -0.3 is 24.3 Å². The van der Waals surface area contributed by atoms with E-state index in [1.165, 1.54) is 0 Å². The number of carbonyl (C=O) groups excluding carboxylic acids is 1. The Morgan fingerprint density at radius 2 is 2.10 bits per heavy atom. The fourth-order valence-corrected chi connectivity index (χ4v) is 3.40. The number of aliphatic carboxylic acids is 1. The van der Waals surface area contributed by atoms with E-state index in [1.807, 2.05) is 12.1 Å². The summed E-state index contributed by atoms with van der Waals surface area (Å²) in [6.45, 7) is 4.79. The molecule has 3 rings (SSSR count). The summed E-state index contributed by atoms with van der Waals surface area (Å²) in [5, 5.41) is 10.0. The highest BCUT2D eigenvalue weighted by Gasteiger charge is 2.44. The van der Waals surface area contributed by atoms with E-state index in [4.69, 9.17) is 23.8 Å². The first-order chi connectivity index (χ1) is 13.7. The fourth-order valence-electron chi connectivity index (χ4n) is 3.40. The maximum Gasteiger partial charge on any atom is 0.490 e. The quantitative estimate of drug-likeness (QED) is 0.687. The number of rotatable bonds is 7. The summed E-state index contributed by atoms with van der Waals surface area (Å²) in [7, 11) is 1.72. The Morgan fingerprint density at radius 3 is 2.69 bits per heavy atom. The Morgan fingerprint density at radius 1 is 1.38 bits per heavy atom. The van der Waals surface area contributed by atoms with Crippen LogP contribution in [0.4, 0.5) is 13.2 Å². The Labute approximate surface area is 165 Å². The summed E-state index contributed by atoms with van der Waals surface area (Å²) >= 11 is 0. The average molecular weight is 422 g/mol. The van der Waals surface area contributed by atoms with Crippen molar-refractivity contribution < 1.29 is 41.8 Å². The van der Waals surface area contributed by atoms with Crippen molar-refractivity contribution in [2.45, 2.75) is 25.2 Å². The molecule has 29 heavy (non-hydrogen) atoms. The SMILES string of the molecule is COCCN1C[C@@H]2[C@@H](CC(=O)NCc3ccco3)CO[C@@H]2C1.O=C(O)C(F)(F)F. The lowest BCUT2D eigenvalue weighted by molar-refractivity contribution is -0.192. The third-order valence-corrected chi connectivity index (χ3v) is 4.86. The number of furan rings is 1. The van der Waals surface area contributed by atoms with Gasteiger partial charge in [-0.25, -0.2) is 4.79 Å². The molecular weight excluding hydrogens is 397 g/mol. The molecule has 2 N–H and O–H groups in total. The zero-order valence-corrected chi connectivity index (χ0v) is 16.0. The third kappa shape index (κ3) is 7.33. The van der Waals surface area contributed by atoms with E-state index in [-0.39, 0.29) is 12.0 Å². The number of carboxylic acid groups (broad SMARTS) is 1. The summed E-state index contributed by atoms with van der Waals surface area (Å²) in [6.07, 6.45) is -2.66. The Kier molecular flexibility index (Phi) is 8.47. The molecule has 2 aliphatic rings. The number of hydrogen-bond acceptors (Lipinski definition) is 6. The molecule has 2 aliphatic heterocycles. The van der Waals surface area contributed by atoms with Crippen LogP contribution in [-0.4, -0.2) is 74.1 Å². The number of carbonyl (C=O) groups is 2. The number of amides is 1. The Hall–Kier alpha value is -2.11. The molecule has 164 valence electrons. The molecule has 0 bridgehead atoms. The molecule has 0 aromatic carbocycles.